The Hall–Kier alpha value is -1.43. The summed E-state index contributed by atoms with van der Waals surface area (Å²) in [5.74, 6) is -0.423. The number of aromatic carboxylic acids is 1. The van der Waals surface area contributed by atoms with Gasteiger partial charge in [-0.05, 0) is 25.5 Å². The van der Waals surface area contributed by atoms with Crippen molar-refractivity contribution < 1.29 is 14.1 Å². The van der Waals surface area contributed by atoms with Crippen LogP contribution >= 0.6 is 0 Å². The van der Waals surface area contributed by atoms with Crippen molar-refractivity contribution >= 4 is 22.6 Å². The van der Waals surface area contributed by atoms with Gasteiger partial charge in [-0.3, -0.25) is 4.21 Å². The summed E-state index contributed by atoms with van der Waals surface area (Å²) in [5.41, 5.74) is 0.877. The number of nitrogens with zero attached hydrogens (tertiary/aromatic N) is 1. The number of pyridine rings is 1. The van der Waals surface area contributed by atoms with Gasteiger partial charge in [0.1, 0.15) is 5.82 Å². The van der Waals surface area contributed by atoms with E-state index in [0.717, 1.165) is 6.42 Å². The molecular formula is C12H18N2O3S. The molecule has 0 aliphatic rings. The quantitative estimate of drug-likeness (QED) is 0.821. The van der Waals surface area contributed by atoms with E-state index in [1.54, 1.807) is 13.2 Å². The Morgan fingerprint density at radius 3 is 2.78 bits per heavy atom. The lowest BCUT2D eigenvalue weighted by molar-refractivity contribution is 0.0696. The monoisotopic (exact) mass is 270 g/mol. The first-order valence-electron chi connectivity index (χ1n) is 5.68. The van der Waals surface area contributed by atoms with E-state index >= 15 is 0 Å². The van der Waals surface area contributed by atoms with Crippen LogP contribution in [0.25, 0.3) is 0 Å². The minimum atomic E-state index is -0.966. The van der Waals surface area contributed by atoms with Crippen LogP contribution in [0.2, 0.25) is 0 Å². The van der Waals surface area contributed by atoms with Crippen molar-refractivity contribution in [2.75, 3.05) is 18.1 Å². The minimum absolute atomic E-state index is 0.112. The third kappa shape index (κ3) is 4.44. The van der Waals surface area contributed by atoms with Gasteiger partial charge in [0.15, 0.2) is 0 Å². The molecule has 2 unspecified atom stereocenters. The average Bonchev–Trinajstić information content (AvgIpc) is 2.27. The lowest BCUT2D eigenvalue weighted by Crippen LogP contribution is -2.15. The molecule has 1 aromatic heterocycles. The zero-order valence-electron chi connectivity index (χ0n) is 10.8. The van der Waals surface area contributed by atoms with E-state index in [4.69, 9.17) is 5.11 Å². The van der Waals surface area contributed by atoms with Gasteiger partial charge in [0, 0.05) is 34.5 Å². The molecule has 0 aromatic carbocycles. The number of hydrogen-bond acceptors (Lipinski definition) is 4. The Balaban J connectivity index is 2.62. The molecule has 0 fully saturated rings. The van der Waals surface area contributed by atoms with Crippen LogP contribution in [0.3, 0.4) is 0 Å². The summed E-state index contributed by atoms with van der Waals surface area (Å²) in [5, 5.41) is 12.1. The minimum Gasteiger partial charge on any atom is -0.478 e. The molecule has 6 heteroatoms. The standard InChI is InChI=1S/C12H18N2O3S/c1-8-6-10(12(15)16)7-11(14-8)13-5-4-9(2)18(3)17/h6-7,9H,4-5H2,1-3H3,(H,13,14)(H,15,16). The number of aryl methyl sites for hydroxylation is 1. The molecule has 100 valence electrons. The smallest absolute Gasteiger partial charge is 0.335 e. The maximum Gasteiger partial charge on any atom is 0.335 e. The first kappa shape index (κ1) is 14.6. The Bertz CT molecular complexity index is 463. The third-order valence-corrected chi connectivity index (χ3v) is 3.99. The van der Waals surface area contributed by atoms with Crippen molar-refractivity contribution in [3.05, 3.63) is 23.4 Å². The molecule has 0 aliphatic heterocycles. The second-order valence-electron chi connectivity index (χ2n) is 4.21. The summed E-state index contributed by atoms with van der Waals surface area (Å²) in [6.45, 7) is 4.29. The predicted octanol–water partition coefficient (Wildman–Crippen LogP) is 1.66. The van der Waals surface area contributed by atoms with E-state index in [9.17, 15) is 9.00 Å². The Morgan fingerprint density at radius 2 is 2.22 bits per heavy atom. The number of nitrogens with one attached hydrogen (secondary N) is 1. The van der Waals surface area contributed by atoms with Crippen LogP contribution < -0.4 is 5.32 Å². The van der Waals surface area contributed by atoms with Gasteiger partial charge in [0.2, 0.25) is 0 Å². The van der Waals surface area contributed by atoms with Crippen LogP contribution in [0.4, 0.5) is 5.82 Å². The maximum absolute atomic E-state index is 11.2. The van der Waals surface area contributed by atoms with Crippen LogP contribution in [-0.4, -0.2) is 38.3 Å². The van der Waals surface area contributed by atoms with Gasteiger partial charge in [0.05, 0.1) is 5.56 Å². The number of hydrogen-bond donors (Lipinski definition) is 2. The summed E-state index contributed by atoms with van der Waals surface area (Å²) in [7, 11) is -0.839. The van der Waals surface area contributed by atoms with Crippen LogP contribution in [0.1, 0.15) is 29.4 Å². The summed E-state index contributed by atoms with van der Waals surface area (Å²) >= 11 is 0. The van der Waals surface area contributed by atoms with Gasteiger partial charge < -0.3 is 10.4 Å². The molecule has 2 atom stereocenters. The van der Waals surface area contributed by atoms with Gasteiger partial charge in [0.25, 0.3) is 0 Å². The highest BCUT2D eigenvalue weighted by atomic mass is 32.2. The van der Waals surface area contributed by atoms with E-state index in [2.05, 4.69) is 10.3 Å². The number of aromatic nitrogens is 1. The van der Waals surface area contributed by atoms with Crippen LogP contribution in [0, 0.1) is 6.92 Å². The molecule has 1 aromatic rings. The van der Waals surface area contributed by atoms with E-state index in [1.165, 1.54) is 12.1 Å². The molecule has 1 rings (SSSR count). The molecule has 5 nitrogen and oxygen atoms in total. The molecule has 0 saturated carbocycles. The first-order chi connectivity index (χ1) is 8.40. The molecule has 0 bridgehead atoms. The normalized spacial score (nSPS) is 13.9. The van der Waals surface area contributed by atoms with Crippen molar-refractivity contribution in [1.82, 2.24) is 4.98 Å². The largest absolute Gasteiger partial charge is 0.478 e. The number of rotatable bonds is 6. The molecule has 0 amide bonds. The van der Waals surface area contributed by atoms with Gasteiger partial charge >= 0.3 is 5.97 Å². The SMILES string of the molecule is Cc1cc(C(=O)O)cc(NCCC(C)S(C)=O)n1. The molecule has 2 N–H and O–H groups in total. The van der Waals surface area contributed by atoms with Gasteiger partial charge in [-0.2, -0.15) is 0 Å². The van der Waals surface area contributed by atoms with E-state index in [-0.39, 0.29) is 10.8 Å². The average molecular weight is 270 g/mol. The summed E-state index contributed by atoms with van der Waals surface area (Å²) in [4.78, 5) is 15.1. The second kappa shape index (κ2) is 6.49. The maximum atomic E-state index is 11.2. The van der Waals surface area contributed by atoms with Crippen molar-refractivity contribution in [2.24, 2.45) is 0 Å². The summed E-state index contributed by atoms with van der Waals surface area (Å²) in [6, 6.07) is 3.03. The zero-order valence-corrected chi connectivity index (χ0v) is 11.6. The van der Waals surface area contributed by atoms with Crippen LogP contribution in [-0.2, 0) is 10.8 Å². The van der Waals surface area contributed by atoms with Crippen LogP contribution in [0.5, 0.6) is 0 Å². The fourth-order valence-electron chi connectivity index (χ4n) is 1.45. The second-order valence-corrected chi connectivity index (χ2v) is 6.01. The fourth-order valence-corrected chi connectivity index (χ4v) is 1.90. The van der Waals surface area contributed by atoms with E-state index in [1.807, 2.05) is 6.92 Å². The van der Waals surface area contributed by atoms with Crippen LogP contribution in [0.15, 0.2) is 12.1 Å². The lowest BCUT2D eigenvalue weighted by atomic mass is 10.2. The Labute approximate surface area is 109 Å². The van der Waals surface area contributed by atoms with Crippen molar-refractivity contribution in [3.8, 4) is 0 Å². The molecular weight excluding hydrogens is 252 g/mol. The molecule has 18 heavy (non-hydrogen) atoms. The molecule has 0 radical (unpaired) electrons. The number of anilines is 1. The first-order valence-corrected chi connectivity index (χ1v) is 7.30. The van der Waals surface area contributed by atoms with Gasteiger partial charge in [-0.15, -0.1) is 0 Å². The number of carboxylic acid groups (broad SMARTS) is 1. The zero-order chi connectivity index (χ0) is 13.7. The Morgan fingerprint density at radius 1 is 1.56 bits per heavy atom. The molecule has 0 spiro atoms. The topological polar surface area (TPSA) is 79.3 Å². The van der Waals surface area contributed by atoms with E-state index < -0.39 is 16.8 Å². The molecule has 0 aliphatic carbocycles. The highest BCUT2D eigenvalue weighted by Crippen LogP contribution is 2.10. The highest BCUT2D eigenvalue weighted by molar-refractivity contribution is 7.84. The van der Waals surface area contributed by atoms with Crippen molar-refractivity contribution in [1.29, 1.82) is 0 Å². The fraction of sp³-hybridized carbons (Fsp3) is 0.500. The van der Waals surface area contributed by atoms with Gasteiger partial charge in [-0.1, -0.05) is 6.92 Å². The third-order valence-electron chi connectivity index (χ3n) is 2.62. The predicted molar refractivity (Wildman–Crippen MR) is 72.6 cm³/mol. The van der Waals surface area contributed by atoms with E-state index in [0.29, 0.717) is 18.1 Å². The lowest BCUT2D eigenvalue weighted by Gasteiger charge is -2.10. The highest BCUT2D eigenvalue weighted by Gasteiger charge is 2.08. The van der Waals surface area contributed by atoms with Crippen molar-refractivity contribution in [3.63, 3.8) is 0 Å². The number of carbonyl (C=O) groups is 1. The molecule has 0 saturated heterocycles. The number of carboxylic acids is 1. The Kier molecular flexibility index (Phi) is 5.27. The summed E-state index contributed by atoms with van der Waals surface area (Å²) in [6.07, 6.45) is 2.43. The molecule has 1 heterocycles. The van der Waals surface area contributed by atoms with Crippen molar-refractivity contribution in [2.45, 2.75) is 25.5 Å². The summed E-state index contributed by atoms with van der Waals surface area (Å²) < 4.78 is 11.2. The van der Waals surface area contributed by atoms with Gasteiger partial charge in [-0.25, -0.2) is 9.78 Å².